The molecule has 2 unspecified atom stereocenters. The zero-order chi connectivity index (χ0) is 13.8. The van der Waals surface area contributed by atoms with E-state index in [0.717, 1.165) is 31.5 Å². The van der Waals surface area contributed by atoms with Gasteiger partial charge in [-0.15, -0.1) is 0 Å². The van der Waals surface area contributed by atoms with Crippen LogP contribution in [0.1, 0.15) is 30.9 Å². The Hall–Kier alpha value is -1.44. The number of nitrogens with zero attached hydrogens (tertiary/aromatic N) is 2. The van der Waals surface area contributed by atoms with E-state index in [0.29, 0.717) is 12.5 Å². The molecule has 1 aliphatic rings. The van der Waals surface area contributed by atoms with Crippen LogP contribution in [-0.2, 0) is 6.54 Å². The molecule has 0 aliphatic carbocycles. The average molecular weight is 262 g/mol. The van der Waals surface area contributed by atoms with Gasteiger partial charge in [0.05, 0.1) is 11.7 Å². The number of halogens is 1. The summed E-state index contributed by atoms with van der Waals surface area (Å²) >= 11 is 0. The molecule has 0 spiro atoms. The molecule has 102 valence electrons. The Morgan fingerprint density at radius 1 is 1.53 bits per heavy atom. The molecule has 1 saturated heterocycles. The Labute approximate surface area is 113 Å². The summed E-state index contributed by atoms with van der Waals surface area (Å²) in [5.41, 5.74) is 1.05. The zero-order valence-corrected chi connectivity index (χ0v) is 11.1. The van der Waals surface area contributed by atoms with Gasteiger partial charge in [-0.25, -0.2) is 4.39 Å². The Kier molecular flexibility index (Phi) is 4.52. The number of hydrogen-bond acceptors (Lipinski definition) is 3. The first-order valence-electron chi connectivity index (χ1n) is 6.73. The first-order valence-corrected chi connectivity index (χ1v) is 6.73. The van der Waals surface area contributed by atoms with E-state index in [4.69, 9.17) is 5.26 Å². The molecule has 1 aliphatic heterocycles. The summed E-state index contributed by atoms with van der Waals surface area (Å²) in [5.74, 6) is -0.156. The fourth-order valence-electron chi connectivity index (χ4n) is 2.65. The van der Waals surface area contributed by atoms with Gasteiger partial charge in [0.15, 0.2) is 0 Å². The van der Waals surface area contributed by atoms with Crippen molar-refractivity contribution >= 4 is 0 Å². The van der Waals surface area contributed by atoms with E-state index < -0.39 is 5.82 Å². The van der Waals surface area contributed by atoms with E-state index in [1.807, 2.05) is 6.07 Å². The molecule has 2 atom stereocenters. The van der Waals surface area contributed by atoms with Crippen molar-refractivity contribution in [3.8, 4) is 6.07 Å². The van der Waals surface area contributed by atoms with Crippen LogP contribution in [0.2, 0.25) is 0 Å². The first-order chi connectivity index (χ1) is 9.13. The Morgan fingerprint density at radius 3 is 3.00 bits per heavy atom. The van der Waals surface area contributed by atoms with Gasteiger partial charge in [-0.2, -0.15) is 5.26 Å². The van der Waals surface area contributed by atoms with Crippen LogP contribution in [0.4, 0.5) is 4.39 Å². The van der Waals surface area contributed by atoms with Crippen molar-refractivity contribution in [2.75, 3.05) is 13.1 Å². The van der Waals surface area contributed by atoms with Gasteiger partial charge in [0.25, 0.3) is 0 Å². The highest BCUT2D eigenvalue weighted by molar-refractivity contribution is 5.34. The summed E-state index contributed by atoms with van der Waals surface area (Å²) < 4.78 is 13.2. The van der Waals surface area contributed by atoms with Crippen molar-refractivity contribution in [3.63, 3.8) is 0 Å². The van der Waals surface area contributed by atoms with Crippen molar-refractivity contribution in [1.29, 1.82) is 5.26 Å². The predicted octanol–water partition coefficient (Wildman–Crippen LogP) is 2.29. The summed E-state index contributed by atoms with van der Waals surface area (Å²) in [6.07, 6.45) is 1.54. The van der Waals surface area contributed by atoms with Gasteiger partial charge in [0.1, 0.15) is 11.9 Å². The lowest BCUT2D eigenvalue weighted by Gasteiger charge is -2.35. The van der Waals surface area contributed by atoms with Crippen molar-refractivity contribution < 1.29 is 9.50 Å². The molecule has 0 bridgehead atoms. The van der Waals surface area contributed by atoms with Gasteiger partial charge in [0.2, 0.25) is 0 Å². The van der Waals surface area contributed by atoms with Gasteiger partial charge < -0.3 is 5.11 Å². The molecule has 4 heteroatoms. The summed E-state index contributed by atoms with van der Waals surface area (Å²) in [5, 5.41) is 18.7. The first kappa shape index (κ1) is 14.0. The smallest absolute Gasteiger partial charge is 0.140 e. The molecule has 1 heterocycles. The largest absolute Gasteiger partial charge is 0.393 e. The highest BCUT2D eigenvalue weighted by Gasteiger charge is 2.26. The van der Waals surface area contributed by atoms with Crippen LogP contribution in [0.15, 0.2) is 18.2 Å². The van der Waals surface area contributed by atoms with Crippen molar-refractivity contribution in [3.05, 3.63) is 35.1 Å². The molecule has 1 fully saturated rings. The molecule has 19 heavy (non-hydrogen) atoms. The quantitative estimate of drug-likeness (QED) is 0.909. The minimum atomic E-state index is -0.466. The van der Waals surface area contributed by atoms with Crippen LogP contribution in [0.3, 0.4) is 0 Å². The highest BCUT2D eigenvalue weighted by Crippen LogP contribution is 2.22. The molecule has 0 radical (unpaired) electrons. The van der Waals surface area contributed by atoms with Crippen molar-refractivity contribution in [1.82, 2.24) is 4.90 Å². The Bertz CT molecular complexity index is 484. The molecule has 1 aromatic carbocycles. The van der Waals surface area contributed by atoms with Crippen LogP contribution in [0.5, 0.6) is 0 Å². The normalized spacial score (nSPS) is 24.1. The number of hydrogen-bond donors (Lipinski definition) is 1. The minimum absolute atomic E-state index is 0.0987. The number of benzene rings is 1. The number of rotatable bonds is 3. The number of aliphatic hydroxyl groups excluding tert-OH is 1. The van der Waals surface area contributed by atoms with Crippen LogP contribution in [-0.4, -0.2) is 29.2 Å². The third-order valence-corrected chi connectivity index (χ3v) is 3.86. The maximum atomic E-state index is 13.2. The van der Waals surface area contributed by atoms with Gasteiger partial charge in [-0.3, -0.25) is 4.90 Å². The van der Waals surface area contributed by atoms with Gasteiger partial charge in [-0.1, -0.05) is 13.0 Å². The van der Waals surface area contributed by atoms with E-state index in [2.05, 4.69) is 11.8 Å². The van der Waals surface area contributed by atoms with E-state index in [1.54, 1.807) is 12.1 Å². The third-order valence-electron chi connectivity index (χ3n) is 3.86. The topological polar surface area (TPSA) is 47.3 Å². The second-order valence-electron chi connectivity index (χ2n) is 5.19. The van der Waals surface area contributed by atoms with Gasteiger partial charge in [0, 0.05) is 19.6 Å². The number of piperidine rings is 1. The van der Waals surface area contributed by atoms with E-state index >= 15 is 0 Å². The molecule has 0 aromatic heterocycles. The Morgan fingerprint density at radius 2 is 2.32 bits per heavy atom. The molecule has 1 aromatic rings. The number of likely N-dealkylation sites (tertiary alicyclic amines) is 1. The zero-order valence-electron chi connectivity index (χ0n) is 11.1. The summed E-state index contributed by atoms with van der Waals surface area (Å²) in [6, 6.07) is 6.55. The summed E-state index contributed by atoms with van der Waals surface area (Å²) in [6.45, 7) is 4.50. The van der Waals surface area contributed by atoms with Crippen LogP contribution in [0, 0.1) is 23.1 Å². The van der Waals surface area contributed by atoms with Gasteiger partial charge in [-0.05, 0) is 36.5 Å². The van der Waals surface area contributed by atoms with Crippen LogP contribution >= 0.6 is 0 Å². The predicted molar refractivity (Wildman–Crippen MR) is 70.8 cm³/mol. The molecule has 2 rings (SSSR count). The van der Waals surface area contributed by atoms with E-state index in [-0.39, 0.29) is 11.7 Å². The fourth-order valence-corrected chi connectivity index (χ4v) is 2.65. The lowest BCUT2D eigenvalue weighted by molar-refractivity contribution is 0.0222. The second-order valence-corrected chi connectivity index (χ2v) is 5.19. The molecular formula is C15H19FN2O. The molecular weight excluding hydrogens is 243 g/mol. The second kappa shape index (κ2) is 6.14. The lowest BCUT2D eigenvalue weighted by atomic mass is 9.92. The van der Waals surface area contributed by atoms with Gasteiger partial charge >= 0.3 is 0 Å². The monoisotopic (exact) mass is 262 g/mol. The van der Waals surface area contributed by atoms with Crippen molar-refractivity contribution in [2.45, 2.75) is 32.4 Å². The maximum Gasteiger partial charge on any atom is 0.140 e. The van der Waals surface area contributed by atoms with E-state index in [9.17, 15) is 9.50 Å². The standard InChI is InChI=1S/C15H19FN2O/c1-2-12-10-18(6-5-15(12)19)9-11-3-4-14(16)13(7-11)8-17/h3-4,7,12,15,19H,2,5-6,9-10H2,1H3. The number of aliphatic hydroxyl groups is 1. The molecule has 0 saturated carbocycles. The third kappa shape index (κ3) is 3.31. The fraction of sp³-hybridized carbons (Fsp3) is 0.533. The highest BCUT2D eigenvalue weighted by atomic mass is 19.1. The minimum Gasteiger partial charge on any atom is -0.393 e. The average Bonchev–Trinajstić information content (AvgIpc) is 2.43. The van der Waals surface area contributed by atoms with Crippen molar-refractivity contribution in [2.24, 2.45) is 5.92 Å². The summed E-state index contributed by atoms with van der Waals surface area (Å²) in [4.78, 5) is 2.26. The van der Waals surface area contributed by atoms with Crippen LogP contribution < -0.4 is 0 Å². The number of nitriles is 1. The lowest BCUT2D eigenvalue weighted by Crippen LogP contribution is -2.42. The SMILES string of the molecule is CCC1CN(Cc2ccc(F)c(C#N)c2)CCC1O. The van der Waals surface area contributed by atoms with Crippen LogP contribution in [0.25, 0.3) is 0 Å². The molecule has 0 amide bonds. The summed E-state index contributed by atoms with van der Waals surface area (Å²) in [7, 11) is 0. The maximum absolute atomic E-state index is 13.2. The Balaban J connectivity index is 2.04. The molecule has 3 nitrogen and oxygen atoms in total. The van der Waals surface area contributed by atoms with E-state index in [1.165, 1.54) is 6.07 Å². The molecule has 1 N–H and O–H groups in total.